The maximum Gasteiger partial charge on any atom is 0.250 e. The van der Waals surface area contributed by atoms with Gasteiger partial charge in [0.25, 0.3) is 0 Å². The number of rotatable bonds is 18. The number of benzene rings is 4. The smallest absolute Gasteiger partial charge is 0.250 e. The van der Waals surface area contributed by atoms with Gasteiger partial charge in [-0.3, -0.25) is 28.8 Å². The molecule has 4 aromatic carbocycles. The molecule has 9 N–H and O–H groups in total. The summed E-state index contributed by atoms with van der Waals surface area (Å²) in [5, 5.41) is 38.9. The van der Waals surface area contributed by atoms with Crippen LogP contribution < -0.4 is 32.3 Å². The molecular formula is C64H91Cl2F4N7O8. The molecule has 0 radical (unpaired) electrons. The molecule has 15 nitrogen and oxygen atoms in total. The molecule has 4 atom stereocenters. The van der Waals surface area contributed by atoms with Gasteiger partial charge in [-0.2, -0.15) is 5.06 Å². The topological polar surface area (TPSA) is 224 Å². The van der Waals surface area contributed by atoms with Crippen molar-refractivity contribution in [3.63, 3.8) is 0 Å². The molecule has 0 unspecified atom stereocenters. The van der Waals surface area contributed by atoms with E-state index >= 15 is 0 Å². The van der Waals surface area contributed by atoms with Crippen molar-refractivity contribution in [1.82, 2.24) is 31.6 Å². The van der Waals surface area contributed by atoms with Crippen LogP contribution in [0.15, 0.2) is 84.9 Å². The summed E-state index contributed by atoms with van der Waals surface area (Å²) in [7, 11) is 1.27. The van der Waals surface area contributed by atoms with Crippen LogP contribution in [0.2, 0.25) is 0 Å². The van der Waals surface area contributed by atoms with Crippen LogP contribution in [-0.2, 0) is 63.6 Å². The Balaban J connectivity index is 0.000000374. The molecule has 0 aromatic heterocycles. The molecule has 0 heterocycles. The second kappa shape index (κ2) is 34.1. The number of carbonyl (C=O) groups excluding carboxylic acids is 5. The number of hydroxylamine groups is 2. The lowest BCUT2D eigenvalue weighted by atomic mass is 9.73. The zero-order valence-corrected chi connectivity index (χ0v) is 52.9. The van der Waals surface area contributed by atoms with Crippen molar-refractivity contribution >= 4 is 52.7 Å². The van der Waals surface area contributed by atoms with Crippen LogP contribution in [0.5, 0.6) is 0 Å². The number of halogens is 6. The molecule has 6 rings (SSSR count). The molecule has 0 aliphatic heterocycles. The Hall–Kier alpha value is -5.51. The van der Waals surface area contributed by atoms with Gasteiger partial charge in [0, 0.05) is 83.0 Å². The number of nitrogens with two attached hydrogens (primary N) is 1. The Labute approximate surface area is 510 Å². The summed E-state index contributed by atoms with van der Waals surface area (Å²) in [5.74, 6) is -4.32. The number of hydrogen-bond acceptors (Lipinski definition) is 11. The van der Waals surface area contributed by atoms with Gasteiger partial charge in [0.2, 0.25) is 29.5 Å². The van der Waals surface area contributed by atoms with E-state index in [1.807, 2.05) is 6.07 Å². The van der Waals surface area contributed by atoms with Crippen molar-refractivity contribution in [2.75, 3.05) is 25.5 Å². The summed E-state index contributed by atoms with van der Waals surface area (Å²) in [6, 6.07) is 22.3. The predicted octanol–water partition coefficient (Wildman–Crippen LogP) is 9.66. The highest BCUT2D eigenvalue weighted by Crippen LogP contribution is 2.40. The summed E-state index contributed by atoms with van der Waals surface area (Å²) in [6.45, 7) is 20.1. The van der Waals surface area contributed by atoms with Gasteiger partial charge >= 0.3 is 0 Å². The van der Waals surface area contributed by atoms with Crippen LogP contribution in [0.25, 0.3) is 0 Å². The average molecular weight is 1230 g/mol. The third-order valence-corrected chi connectivity index (χ3v) is 15.2. The molecule has 21 heteroatoms. The lowest BCUT2D eigenvalue weighted by Crippen LogP contribution is -2.54. The zero-order valence-electron chi connectivity index (χ0n) is 51.4. The number of aliphatic hydroxyl groups excluding tert-OH is 2. The summed E-state index contributed by atoms with van der Waals surface area (Å²) >= 11 is 9.53. The van der Waals surface area contributed by atoms with E-state index in [0.29, 0.717) is 16.2 Å². The fourth-order valence-corrected chi connectivity index (χ4v) is 10.8. The van der Waals surface area contributed by atoms with Crippen LogP contribution in [0.3, 0.4) is 0 Å². The van der Waals surface area contributed by atoms with Gasteiger partial charge in [0.1, 0.15) is 23.3 Å². The zero-order chi connectivity index (χ0) is 64.0. The van der Waals surface area contributed by atoms with Gasteiger partial charge in [0.15, 0.2) is 0 Å². The van der Waals surface area contributed by atoms with Crippen LogP contribution in [0, 0.1) is 23.3 Å². The highest BCUT2D eigenvalue weighted by Gasteiger charge is 2.40. The average Bonchev–Trinajstić information content (AvgIpc) is 3.61. The fourth-order valence-electron chi connectivity index (χ4n) is 10.8. The summed E-state index contributed by atoms with van der Waals surface area (Å²) in [6.07, 6.45) is 4.63. The fraction of sp³-hybridized carbons (Fsp3) is 0.547. The molecule has 5 amide bonds. The Bertz CT molecular complexity index is 2750. The molecule has 2 fully saturated rings. The van der Waals surface area contributed by atoms with Crippen molar-refractivity contribution in [1.29, 1.82) is 0 Å². The molecule has 2 saturated carbocycles. The Kier molecular flexibility index (Phi) is 29.6. The van der Waals surface area contributed by atoms with E-state index in [9.17, 15) is 51.7 Å². The van der Waals surface area contributed by atoms with Crippen LogP contribution in [-0.4, -0.2) is 107 Å². The largest absolute Gasteiger partial charge is 0.390 e. The minimum absolute atomic E-state index is 0.00147. The highest BCUT2D eigenvalue weighted by molar-refractivity contribution is 6.40. The van der Waals surface area contributed by atoms with Crippen LogP contribution >= 0.6 is 23.2 Å². The first-order valence-electron chi connectivity index (χ1n) is 28.7. The van der Waals surface area contributed by atoms with E-state index in [1.54, 1.807) is 0 Å². The number of aliphatic hydroxyl groups is 2. The highest BCUT2D eigenvalue weighted by atomic mass is 35.5. The second-order valence-electron chi connectivity index (χ2n) is 24.2. The van der Waals surface area contributed by atoms with E-state index in [0.717, 1.165) is 74.6 Å². The van der Waals surface area contributed by atoms with Gasteiger partial charge in [-0.25, -0.2) is 17.6 Å². The Morgan fingerprint density at radius 2 is 0.941 bits per heavy atom. The van der Waals surface area contributed by atoms with E-state index in [2.05, 4.69) is 115 Å². The first-order chi connectivity index (χ1) is 39.7. The van der Waals surface area contributed by atoms with E-state index in [-0.39, 0.29) is 77.4 Å². The lowest BCUT2D eigenvalue weighted by molar-refractivity contribution is -0.184. The third-order valence-electron chi connectivity index (χ3n) is 15.2. The number of imide groups is 1. The van der Waals surface area contributed by atoms with E-state index in [4.69, 9.17) is 28.9 Å². The molecule has 85 heavy (non-hydrogen) atoms. The van der Waals surface area contributed by atoms with Crippen molar-refractivity contribution in [2.45, 2.75) is 199 Å². The standard InChI is InChI=1S/C30H41F2N3O3.C28H39F2N3O2.C5H9NO3.CH2Cl2/c1-19(36)34-26-9-11-30(12-10-26,23-8-6-7-22(16-23)29(3,4)5)33-18-28(38)27(35-20(2)37)15-21-13-24(31)17-25(32)14-21;1-18(34)33-25(14-19-12-22(29)16-23(30)13-19)26(35)17-32-28(10-8-24(31)9-11-28)21-7-5-6-20(15-21)27(2,3)4;1-4(7)6(9-3)5(2)8;2-1-3/h6-8,13-14,16-17,26-28,33,38H,9-12,15,18H2,1-5H3,(H,34,36)(H,35,37);5-7,12-13,15-16,24-26,32,35H,8-11,14,17,31H2,1-4H3,(H,33,34);1-3H3;1H2/t26?,27-,28+,30?;24?,25-,26+,28?;;/m00../s1. The molecular weight excluding hydrogens is 1140 g/mol. The molecule has 472 valence electrons. The number of alkyl halides is 2. The van der Waals surface area contributed by atoms with E-state index in [1.165, 1.54) is 77.1 Å². The molecule has 2 aliphatic carbocycles. The molecule has 4 aromatic rings. The number of amides is 5. The minimum Gasteiger partial charge on any atom is -0.390 e. The molecule has 0 spiro atoms. The van der Waals surface area contributed by atoms with Crippen molar-refractivity contribution in [3.8, 4) is 0 Å². The molecule has 0 bridgehead atoms. The van der Waals surface area contributed by atoms with Crippen LogP contribution in [0.4, 0.5) is 17.6 Å². The quantitative estimate of drug-likeness (QED) is 0.0266. The van der Waals surface area contributed by atoms with E-state index < -0.39 is 64.9 Å². The van der Waals surface area contributed by atoms with Gasteiger partial charge in [-0.15, -0.1) is 23.2 Å². The summed E-state index contributed by atoms with van der Waals surface area (Å²) < 4.78 is 55.0. The van der Waals surface area contributed by atoms with Crippen LogP contribution in [0.1, 0.15) is 161 Å². The number of nitrogens with zero attached hydrogens (tertiary/aromatic N) is 1. The first kappa shape index (κ1) is 73.7. The number of carbonyl (C=O) groups is 5. The van der Waals surface area contributed by atoms with Crippen molar-refractivity contribution < 1.29 is 56.6 Å². The molecule has 0 saturated heterocycles. The molecule has 2 aliphatic rings. The number of hydrogen-bond donors (Lipinski definition) is 8. The maximum atomic E-state index is 13.8. The van der Waals surface area contributed by atoms with Crippen molar-refractivity contribution in [3.05, 3.63) is 142 Å². The number of nitrogens with one attached hydrogen (secondary N) is 5. The second-order valence-corrected chi connectivity index (χ2v) is 25.0. The Morgan fingerprint density at radius 1 is 0.600 bits per heavy atom. The van der Waals surface area contributed by atoms with Crippen molar-refractivity contribution in [2.24, 2.45) is 5.73 Å². The first-order valence-corrected chi connectivity index (χ1v) is 29.8. The normalized spacial score (nSPS) is 20.0. The predicted molar refractivity (Wildman–Crippen MR) is 326 cm³/mol. The summed E-state index contributed by atoms with van der Waals surface area (Å²) in [5.41, 5.74) is 10.8. The van der Waals surface area contributed by atoms with Gasteiger partial charge in [-0.1, -0.05) is 90.1 Å². The third kappa shape index (κ3) is 24.7. The monoisotopic (exact) mass is 1230 g/mol. The lowest BCUT2D eigenvalue weighted by Gasteiger charge is -2.43. The van der Waals surface area contributed by atoms with Gasteiger partial charge in [-0.05, 0) is 133 Å². The van der Waals surface area contributed by atoms with Gasteiger partial charge in [0.05, 0.1) is 36.7 Å². The Morgan fingerprint density at radius 3 is 1.22 bits per heavy atom. The van der Waals surface area contributed by atoms with Gasteiger partial charge < -0.3 is 42.5 Å². The summed E-state index contributed by atoms with van der Waals surface area (Å²) in [4.78, 5) is 60.6. The SMILES string of the molecule is CC(=O)NC1CCC(NC[C@@H](O)[C@H](Cc2cc(F)cc(F)c2)NC(C)=O)(c2cccc(C(C)(C)C)c2)CC1.CC(=O)N[C@@H](Cc1cc(F)cc(F)c1)[C@H](O)CNC1(c2cccc(C(C)(C)C)c2)CCC(N)CC1.CON(C(C)=O)C(C)=O.ClCCl. The maximum absolute atomic E-state index is 13.8. The minimum atomic E-state index is -1.01.